The summed E-state index contributed by atoms with van der Waals surface area (Å²) in [6, 6.07) is 5.61. The van der Waals surface area contributed by atoms with E-state index in [1.807, 2.05) is 12.1 Å². The Hall–Kier alpha value is -0.640. The number of piperidine rings is 1. The number of benzene rings is 1. The molecule has 1 N–H and O–H groups in total. The quantitative estimate of drug-likeness (QED) is 0.780. The lowest BCUT2D eigenvalue weighted by atomic mass is 10.1. The van der Waals surface area contributed by atoms with Gasteiger partial charge in [-0.15, -0.1) is 23.2 Å². The smallest absolute Gasteiger partial charge is 0.233 e. The summed E-state index contributed by atoms with van der Waals surface area (Å²) in [5, 5.41) is 3.57. The van der Waals surface area contributed by atoms with E-state index in [-0.39, 0.29) is 5.91 Å². The van der Waals surface area contributed by atoms with E-state index in [0.29, 0.717) is 11.4 Å². The van der Waals surface area contributed by atoms with E-state index in [4.69, 9.17) is 34.8 Å². The van der Waals surface area contributed by atoms with Gasteiger partial charge in [-0.1, -0.05) is 11.6 Å². The third kappa shape index (κ3) is 2.91. The first-order valence-electron chi connectivity index (χ1n) is 7.57. The van der Waals surface area contributed by atoms with Gasteiger partial charge in [-0.05, 0) is 50.8 Å². The summed E-state index contributed by atoms with van der Waals surface area (Å²) < 4.78 is -0.971. The van der Waals surface area contributed by atoms with Crippen LogP contribution in [0.2, 0.25) is 5.02 Å². The zero-order valence-corrected chi connectivity index (χ0v) is 14.7. The van der Waals surface area contributed by atoms with Crippen LogP contribution < -0.4 is 10.2 Å². The average molecular weight is 362 g/mol. The predicted molar refractivity (Wildman–Crippen MR) is 93.3 cm³/mol. The van der Waals surface area contributed by atoms with Gasteiger partial charge in [-0.3, -0.25) is 4.79 Å². The third-order valence-electron chi connectivity index (χ3n) is 4.66. The Morgan fingerprint density at radius 3 is 2.45 bits per heavy atom. The highest BCUT2D eigenvalue weighted by atomic mass is 35.5. The molecule has 1 heterocycles. The molecule has 2 aliphatic rings. The van der Waals surface area contributed by atoms with Crippen LogP contribution in [0.3, 0.4) is 0 Å². The lowest BCUT2D eigenvalue weighted by Gasteiger charge is -2.31. The average Bonchev–Trinajstić information content (AvgIpc) is 3.00. The maximum absolute atomic E-state index is 12.5. The minimum atomic E-state index is -0.971. The van der Waals surface area contributed by atoms with Crippen LogP contribution >= 0.6 is 34.8 Å². The van der Waals surface area contributed by atoms with Crippen molar-refractivity contribution in [1.82, 2.24) is 0 Å². The van der Waals surface area contributed by atoms with Crippen LogP contribution in [0.25, 0.3) is 0 Å². The van der Waals surface area contributed by atoms with Gasteiger partial charge in [-0.25, -0.2) is 0 Å². The highest BCUT2D eigenvalue weighted by Crippen LogP contribution is 2.64. The summed E-state index contributed by atoms with van der Waals surface area (Å²) in [4.78, 5) is 14.8. The predicted octanol–water partition coefficient (Wildman–Crippen LogP) is 4.85. The Morgan fingerprint density at radius 2 is 1.86 bits per heavy atom. The van der Waals surface area contributed by atoms with Crippen molar-refractivity contribution in [2.75, 3.05) is 23.3 Å². The molecular formula is C16H19Cl3N2O. The van der Waals surface area contributed by atoms with Gasteiger partial charge in [0.1, 0.15) is 4.33 Å². The van der Waals surface area contributed by atoms with E-state index in [9.17, 15) is 4.79 Å². The van der Waals surface area contributed by atoms with Crippen molar-refractivity contribution in [2.24, 2.45) is 5.41 Å². The molecule has 1 amide bonds. The third-order valence-corrected chi connectivity index (χ3v) is 6.00. The number of amides is 1. The van der Waals surface area contributed by atoms with Gasteiger partial charge < -0.3 is 10.2 Å². The van der Waals surface area contributed by atoms with Gasteiger partial charge in [0.15, 0.2) is 0 Å². The molecule has 1 aromatic rings. The van der Waals surface area contributed by atoms with Crippen molar-refractivity contribution < 1.29 is 4.79 Å². The molecule has 0 radical (unpaired) electrons. The van der Waals surface area contributed by atoms with Crippen LogP contribution in [0.4, 0.5) is 11.4 Å². The van der Waals surface area contributed by atoms with E-state index in [1.54, 1.807) is 13.0 Å². The van der Waals surface area contributed by atoms with Crippen molar-refractivity contribution in [3.05, 3.63) is 23.2 Å². The van der Waals surface area contributed by atoms with Crippen molar-refractivity contribution >= 4 is 52.1 Å². The second kappa shape index (κ2) is 5.77. The standard InChI is InChI=1S/C16H19Cl3N2O/c1-15(10-16(15,18)19)14(22)20-12-9-11(17)5-6-13(12)21-7-3-2-4-8-21/h5-6,9H,2-4,7-8,10H2,1H3,(H,20,22)/t15-/m1/s1. The van der Waals surface area contributed by atoms with Gasteiger partial charge in [0.2, 0.25) is 5.91 Å². The molecule has 6 heteroatoms. The Bertz CT molecular complexity index is 599. The number of nitrogens with one attached hydrogen (secondary N) is 1. The molecule has 0 unspecified atom stereocenters. The summed E-state index contributed by atoms with van der Waals surface area (Å²) in [6.07, 6.45) is 4.06. The summed E-state index contributed by atoms with van der Waals surface area (Å²) in [6.45, 7) is 3.78. The zero-order chi connectivity index (χ0) is 16.0. The zero-order valence-electron chi connectivity index (χ0n) is 12.5. The molecule has 0 spiro atoms. The molecule has 0 aromatic heterocycles. The molecule has 120 valence electrons. The highest BCUT2D eigenvalue weighted by molar-refractivity contribution is 6.53. The molecule has 22 heavy (non-hydrogen) atoms. The highest BCUT2D eigenvalue weighted by Gasteiger charge is 2.67. The number of hydrogen-bond donors (Lipinski definition) is 1. The first-order valence-corrected chi connectivity index (χ1v) is 8.71. The van der Waals surface area contributed by atoms with Gasteiger partial charge >= 0.3 is 0 Å². The first kappa shape index (κ1) is 16.2. The Labute approximate surface area is 145 Å². The van der Waals surface area contributed by atoms with E-state index in [0.717, 1.165) is 24.5 Å². The molecule has 2 fully saturated rings. The number of carbonyl (C=O) groups is 1. The Kier molecular flexibility index (Phi) is 4.26. The van der Waals surface area contributed by atoms with Crippen LogP contribution in [0, 0.1) is 5.41 Å². The maximum Gasteiger partial charge on any atom is 0.233 e. The van der Waals surface area contributed by atoms with E-state index in [1.165, 1.54) is 19.3 Å². The van der Waals surface area contributed by atoms with Crippen LogP contribution in [0.15, 0.2) is 18.2 Å². The van der Waals surface area contributed by atoms with E-state index in [2.05, 4.69) is 10.2 Å². The van der Waals surface area contributed by atoms with E-state index < -0.39 is 9.75 Å². The lowest BCUT2D eigenvalue weighted by molar-refractivity contribution is -0.120. The summed E-state index contributed by atoms with van der Waals surface area (Å²) in [5.74, 6) is -0.155. The molecule has 1 saturated carbocycles. The molecule has 1 saturated heterocycles. The summed E-state index contributed by atoms with van der Waals surface area (Å²) in [7, 11) is 0. The second-order valence-corrected chi connectivity index (χ2v) is 8.30. The van der Waals surface area contributed by atoms with Crippen LogP contribution in [0.5, 0.6) is 0 Å². The molecule has 1 atom stereocenters. The number of anilines is 2. The number of halogens is 3. The molecule has 1 aliphatic carbocycles. The summed E-state index contributed by atoms with van der Waals surface area (Å²) in [5.41, 5.74) is 1.01. The summed E-state index contributed by atoms with van der Waals surface area (Å²) >= 11 is 18.3. The van der Waals surface area contributed by atoms with Gasteiger partial charge in [0.05, 0.1) is 16.8 Å². The second-order valence-electron chi connectivity index (χ2n) is 6.38. The SMILES string of the molecule is C[C@]1(C(=O)Nc2cc(Cl)ccc2N2CCCCC2)CC1(Cl)Cl. The normalized spacial score (nSPS) is 26.6. The number of alkyl halides is 2. The van der Waals surface area contributed by atoms with Crippen molar-refractivity contribution in [1.29, 1.82) is 0 Å². The Balaban J connectivity index is 1.83. The first-order chi connectivity index (χ1) is 10.3. The van der Waals surface area contributed by atoms with Gasteiger partial charge in [0, 0.05) is 18.1 Å². The molecular weight excluding hydrogens is 343 g/mol. The molecule has 3 rings (SSSR count). The number of carbonyl (C=O) groups excluding carboxylic acids is 1. The molecule has 0 bridgehead atoms. The van der Waals surface area contributed by atoms with Crippen molar-refractivity contribution in [3.8, 4) is 0 Å². The minimum Gasteiger partial charge on any atom is -0.370 e. The van der Waals surface area contributed by atoms with Crippen LogP contribution in [0.1, 0.15) is 32.6 Å². The fraction of sp³-hybridized carbons (Fsp3) is 0.562. The minimum absolute atomic E-state index is 0.155. The number of rotatable bonds is 3. The largest absolute Gasteiger partial charge is 0.370 e. The molecule has 1 aliphatic heterocycles. The monoisotopic (exact) mass is 360 g/mol. The Morgan fingerprint density at radius 1 is 1.23 bits per heavy atom. The van der Waals surface area contributed by atoms with E-state index >= 15 is 0 Å². The van der Waals surface area contributed by atoms with Crippen molar-refractivity contribution in [3.63, 3.8) is 0 Å². The fourth-order valence-corrected chi connectivity index (χ4v) is 3.80. The number of nitrogens with zero attached hydrogens (tertiary/aromatic N) is 1. The van der Waals surface area contributed by atoms with Crippen LogP contribution in [-0.2, 0) is 4.79 Å². The van der Waals surface area contributed by atoms with Crippen molar-refractivity contribution in [2.45, 2.75) is 36.9 Å². The topological polar surface area (TPSA) is 32.3 Å². The molecule has 1 aromatic carbocycles. The maximum atomic E-state index is 12.5. The van der Waals surface area contributed by atoms with Crippen LogP contribution in [-0.4, -0.2) is 23.3 Å². The van der Waals surface area contributed by atoms with Gasteiger partial charge in [0.25, 0.3) is 0 Å². The number of hydrogen-bond acceptors (Lipinski definition) is 2. The van der Waals surface area contributed by atoms with Gasteiger partial charge in [-0.2, -0.15) is 0 Å². The lowest BCUT2D eigenvalue weighted by Crippen LogP contribution is -2.31. The fourth-order valence-electron chi connectivity index (χ4n) is 2.93. The molecule has 3 nitrogen and oxygen atoms in total.